The number of alkyl halides is 1. The Morgan fingerprint density at radius 1 is 1.14 bits per heavy atom. The normalized spacial score (nSPS) is 12.6. The van der Waals surface area contributed by atoms with E-state index in [1.54, 1.807) is 42.5 Å². The third-order valence-electron chi connectivity index (χ3n) is 4.05. The number of rotatable bonds is 4. The summed E-state index contributed by atoms with van der Waals surface area (Å²) in [6, 6.07) is 13.9. The van der Waals surface area contributed by atoms with Gasteiger partial charge in [-0.05, 0) is 29.2 Å². The van der Waals surface area contributed by atoms with Crippen molar-refractivity contribution >= 4 is 32.0 Å². The fourth-order valence-corrected chi connectivity index (χ4v) is 4.77. The Morgan fingerprint density at radius 3 is 2.32 bits per heavy atom. The summed E-state index contributed by atoms with van der Waals surface area (Å²) in [5.74, 6) is 5.65. The molecule has 2 rings (SSSR count). The minimum absolute atomic E-state index is 0.110. The van der Waals surface area contributed by atoms with Gasteiger partial charge in [-0.1, -0.05) is 84.9 Å². The highest BCUT2D eigenvalue weighted by Gasteiger charge is 2.42. The third kappa shape index (κ3) is 4.94. The molecular formula is C21H22BrNO4S. The van der Waals surface area contributed by atoms with E-state index < -0.39 is 27.6 Å². The number of hydrogen-bond acceptors (Lipinski definition) is 3. The Kier molecular flexibility index (Phi) is 6.91. The van der Waals surface area contributed by atoms with Gasteiger partial charge in [-0.3, -0.25) is 0 Å². The van der Waals surface area contributed by atoms with Gasteiger partial charge in [0.1, 0.15) is 0 Å². The third-order valence-corrected chi connectivity index (χ3v) is 6.06. The maximum Gasteiger partial charge on any atom is 0.421 e. The molecule has 1 unspecified atom stereocenters. The first-order valence-electron chi connectivity index (χ1n) is 8.56. The molecule has 0 radical (unpaired) electrons. The van der Waals surface area contributed by atoms with Crippen molar-refractivity contribution in [3.05, 3.63) is 65.7 Å². The van der Waals surface area contributed by atoms with Crippen molar-refractivity contribution in [1.29, 1.82) is 0 Å². The van der Waals surface area contributed by atoms with Crippen LogP contribution >= 0.6 is 15.9 Å². The van der Waals surface area contributed by atoms with Crippen molar-refractivity contribution in [3.8, 4) is 11.8 Å². The van der Waals surface area contributed by atoms with Crippen LogP contribution in [-0.2, 0) is 10.0 Å². The lowest BCUT2D eigenvalue weighted by atomic mass is 9.82. The molecule has 7 heteroatoms. The van der Waals surface area contributed by atoms with Crippen LogP contribution in [0.25, 0.3) is 0 Å². The molecule has 0 aliphatic heterocycles. The van der Waals surface area contributed by atoms with Crippen LogP contribution in [0, 0.1) is 17.3 Å². The lowest BCUT2D eigenvalue weighted by molar-refractivity contribution is 0.129. The fraction of sp³-hybridized carbons (Fsp3) is 0.286. The van der Waals surface area contributed by atoms with E-state index in [1.165, 1.54) is 12.1 Å². The number of halogens is 1. The first-order valence-corrected chi connectivity index (χ1v) is 11.1. The Balaban J connectivity index is 2.65. The first-order chi connectivity index (χ1) is 13.1. The summed E-state index contributed by atoms with van der Waals surface area (Å²) in [5.41, 5.74) is 0.439. The van der Waals surface area contributed by atoms with Crippen molar-refractivity contribution in [2.45, 2.75) is 31.7 Å². The summed E-state index contributed by atoms with van der Waals surface area (Å²) < 4.78 is 27.3. The second kappa shape index (κ2) is 8.80. The Morgan fingerprint density at radius 2 is 1.79 bits per heavy atom. The molecule has 1 N–H and O–H groups in total. The molecule has 0 saturated carbocycles. The second-order valence-corrected chi connectivity index (χ2v) is 9.60. The summed E-state index contributed by atoms with van der Waals surface area (Å²) in [6.45, 7) is 5.44. The van der Waals surface area contributed by atoms with E-state index >= 15 is 0 Å². The molecule has 0 fully saturated rings. The van der Waals surface area contributed by atoms with Gasteiger partial charge >= 0.3 is 6.09 Å². The summed E-state index contributed by atoms with van der Waals surface area (Å²) in [5, 5.41) is 10.3. The molecule has 28 heavy (non-hydrogen) atoms. The molecule has 0 heterocycles. The first kappa shape index (κ1) is 22.0. The van der Waals surface area contributed by atoms with Gasteiger partial charge in [0.15, 0.2) is 0 Å². The highest BCUT2D eigenvalue weighted by Crippen LogP contribution is 2.41. The van der Waals surface area contributed by atoms with Gasteiger partial charge in [0.2, 0.25) is 0 Å². The van der Waals surface area contributed by atoms with E-state index in [-0.39, 0.29) is 4.90 Å². The molecule has 2 aromatic rings. The topological polar surface area (TPSA) is 74.7 Å². The molecule has 0 aromatic heterocycles. The molecule has 2 aromatic carbocycles. The van der Waals surface area contributed by atoms with Gasteiger partial charge in [-0.25, -0.2) is 13.2 Å². The van der Waals surface area contributed by atoms with Crippen LogP contribution in [-0.4, -0.2) is 29.3 Å². The molecule has 0 spiro atoms. The van der Waals surface area contributed by atoms with Crippen molar-refractivity contribution in [2.24, 2.45) is 5.41 Å². The zero-order valence-electron chi connectivity index (χ0n) is 15.9. The SMILES string of the molecule is CC(C)(C)C(c1ccccc1)N(C(=O)O)S(=O)(=O)c1cccc(C#CCBr)c1. The van der Waals surface area contributed by atoms with Gasteiger partial charge in [0, 0.05) is 5.56 Å². The van der Waals surface area contributed by atoms with Crippen molar-refractivity contribution in [3.63, 3.8) is 0 Å². The number of hydrogen-bond donors (Lipinski definition) is 1. The molecular weight excluding hydrogens is 442 g/mol. The van der Waals surface area contributed by atoms with Gasteiger partial charge in [0.25, 0.3) is 10.0 Å². The molecule has 1 amide bonds. The smallest absolute Gasteiger partial charge is 0.421 e. The van der Waals surface area contributed by atoms with Crippen LogP contribution < -0.4 is 0 Å². The Labute approximate surface area is 174 Å². The maximum atomic E-state index is 13.3. The van der Waals surface area contributed by atoms with E-state index in [4.69, 9.17) is 0 Å². The number of sulfonamides is 1. The maximum absolute atomic E-state index is 13.3. The minimum atomic E-state index is -4.32. The van der Waals surface area contributed by atoms with Crippen molar-refractivity contribution in [2.75, 3.05) is 5.33 Å². The summed E-state index contributed by atoms with van der Waals surface area (Å²) >= 11 is 3.20. The Hall–Kier alpha value is -2.30. The lowest BCUT2D eigenvalue weighted by Gasteiger charge is -2.38. The highest BCUT2D eigenvalue weighted by atomic mass is 79.9. The highest BCUT2D eigenvalue weighted by molar-refractivity contribution is 9.09. The van der Waals surface area contributed by atoms with Crippen molar-refractivity contribution < 1.29 is 18.3 Å². The predicted molar refractivity (Wildman–Crippen MR) is 113 cm³/mol. The largest absolute Gasteiger partial charge is 0.464 e. The molecule has 0 bridgehead atoms. The average Bonchev–Trinajstić information content (AvgIpc) is 2.63. The van der Waals surface area contributed by atoms with Crippen molar-refractivity contribution in [1.82, 2.24) is 4.31 Å². The van der Waals surface area contributed by atoms with Crippen LogP contribution in [0.1, 0.15) is 37.9 Å². The molecule has 5 nitrogen and oxygen atoms in total. The predicted octanol–water partition coefficient (Wildman–Crippen LogP) is 4.89. The van der Waals surface area contributed by atoms with Gasteiger partial charge in [-0.2, -0.15) is 4.31 Å². The van der Waals surface area contributed by atoms with E-state index in [1.807, 2.05) is 20.8 Å². The van der Waals surface area contributed by atoms with E-state index in [9.17, 15) is 18.3 Å². The lowest BCUT2D eigenvalue weighted by Crippen LogP contribution is -2.44. The molecule has 148 valence electrons. The number of carbonyl (C=O) groups is 1. The van der Waals surface area contributed by atoms with Gasteiger partial charge < -0.3 is 5.11 Å². The number of carboxylic acid groups (broad SMARTS) is 1. The van der Waals surface area contributed by atoms with Gasteiger partial charge in [0.05, 0.1) is 16.3 Å². The van der Waals surface area contributed by atoms with Crippen LogP contribution in [0.2, 0.25) is 0 Å². The molecule has 0 saturated heterocycles. The minimum Gasteiger partial charge on any atom is -0.464 e. The molecule has 0 aliphatic rings. The average molecular weight is 464 g/mol. The summed E-state index contributed by atoms with van der Waals surface area (Å²) in [4.78, 5) is 12.0. The second-order valence-electron chi connectivity index (χ2n) is 7.23. The van der Waals surface area contributed by atoms with Gasteiger partial charge in [-0.15, -0.1) is 0 Å². The Bertz CT molecular complexity index is 1000. The van der Waals surface area contributed by atoms with E-state index in [0.717, 1.165) is 0 Å². The zero-order chi connectivity index (χ0) is 20.9. The summed E-state index contributed by atoms with van der Waals surface area (Å²) in [7, 11) is -4.32. The van der Waals surface area contributed by atoms with Crippen LogP contribution in [0.3, 0.4) is 0 Å². The number of nitrogens with zero attached hydrogens (tertiary/aromatic N) is 1. The molecule has 0 aliphatic carbocycles. The van der Waals surface area contributed by atoms with Crippen LogP contribution in [0.5, 0.6) is 0 Å². The van der Waals surface area contributed by atoms with Crippen LogP contribution in [0.4, 0.5) is 4.79 Å². The van der Waals surface area contributed by atoms with E-state index in [2.05, 4.69) is 27.8 Å². The zero-order valence-corrected chi connectivity index (χ0v) is 18.3. The number of amides is 1. The molecule has 1 atom stereocenters. The standard InChI is InChI=1S/C21H22BrNO4S/c1-21(2,3)19(17-11-5-4-6-12-17)23(20(24)25)28(26,27)18-13-7-9-16(15-18)10-8-14-22/h4-7,9,11-13,15,19H,14H2,1-3H3,(H,24,25). The van der Waals surface area contributed by atoms with E-state index in [0.29, 0.717) is 20.8 Å². The monoisotopic (exact) mass is 463 g/mol. The fourth-order valence-electron chi connectivity index (χ4n) is 2.96. The number of benzene rings is 2. The summed E-state index contributed by atoms with van der Waals surface area (Å²) in [6.07, 6.45) is -1.53. The van der Waals surface area contributed by atoms with Crippen LogP contribution in [0.15, 0.2) is 59.5 Å². The quantitative estimate of drug-likeness (QED) is 0.517.